The van der Waals surface area contributed by atoms with Crippen molar-refractivity contribution in [1.29, 1.82) is 0 Å². The Morgan fingerprint density at radius 1 is 0.895 bits per heavy atom. The molecule has 1 heterocycles. The van der Waals surface area contributed by atoms with Crippen molar-refractivity contribution in [1.82, 2.24) is 5.32 Å². The Kier molecular flexibility index (Phi) is 3.88. The molecule has 0 spiro atoms. The van der Waals surface area contributed by atoms with Crippen LogP contribution in [-0.2, 0) is 0 Å². The van der Waals surface area contributed by atoms with E-state index in [2.05, 4.69) is 74.8 Å². The monoisotopic (exact) mass is 317 g/mol. The third-order valence-electron chi connectivity index (χ3n) is 3.54. The molecule has 0 bridgehead atoms. The molecule has 1 radical (unpaired) electrons. The minimum atomic E-state index is 1.06. The molecule has 2 aromatic carbocycles. The summed E-state index contributed by atoms with van der Waals surface area (Å²) in [5, 5.41) is 3.40. The third kappa shape index (κ3) is 2.69. The van der Waals surface area contributed by atoms with E-state index in [9.17, 15) is 0 Å². The second kappa shape index (κ2) is 5.79. The first kappa shape index (κ1) is 12.7. The number of benzene rings is 2. The van der Waals surface area contributed by atoms with Crippen LogP contribution in [0.1, 0.15) is 0 Å². The van der Waals surface area contributed by atoms with Crippen molar-refractivity contribution in [2.45, 2.75) is 0 Å². The molecule has 0 saturated carbocycles. The van der Waals surface area contributed by atoms with E-state index >= 15 is 0 Å². The first-order chi connectivity index (χ1) is 9.36. The van der Waals surface area contributed by atoms with Gasteiger partial charge >= 0.3 is 122 Å². The van der Waals surface area contributed by atoms with Crippen molar-refractivity contribution in [3.63, 3.8) is 0 Å². The van der Waals surface area contributed by atoms with Crippen molar-refractivity contribution < 1.29 is 0 Å². The van der Waals surface area contributed by atoms with Gasteiger partial charge in [0.15, 0.2) is 0 Å². The summed E-state index contributed by atoms with van der Waals surface area (Å²) < 4.78 is 1.26. The fourth-order valence-electron chi connectivity index (χ4n) is 2.52. The summed E-state index contributed by atoms with van der Waals surface area (Å²) in [5.74, 6) is 0. The van der Waals surface area contributed by atoms with Gasteiger partial charge in [0.1, 0.15) is 0 Å². The van der Waals surface area contributed by atoms with E-state index < -0.39 is 0 Å². The maximum atomic E-state index is 3.40. The zero-order valence-corrected chi connectivity index (χ0v) is 12.5. The van der Waals surface area contributed by atoms with E-state index in [0.717, 1.165) is 26.2 Å². The predicted molar refractivity (Wildman–Crippen MR) is 82.3 cm³/mol. The van der Waals surface area contributed by atoms with Gasteiger partial charge in [-0.25, -0.2) is 0 Å². The summed E-state index contributed by atoms with van der Waals surface area (Å²) in [6, 6.07) is 17.1. The Labute approximate surface area is 122 Å². The van der Waals surface area contributed by atoms with Gasteiger partial charge in [0.2, 0.25) is 0 Å². The van der Waals surface area contributed by atoms with E-state index in [1.54, 1.807) is 0 Å². The maximum absolute atomic E-state index is 3.40. The Morgan fingerprint density at radius 3 is 2.37 bits per heavy atom. The van der Waals surface area contributed by atoms with Crippen LogP contribution in [0.4, 0.5) is 5.69 Å². The summed E-state index contributed by atoms with van der Waals surface area (Å²) >= 11 is 3.27. The molecule has 2 nitrogen and oxygen atoms in total. The first-order valence-electron chi connectivity index (χ1n) is 6.67. The first-order valence-corrected chi connectivity index (χ1v) is 7.53. The molecule has 2 aromatic rings. The molecule has 0 aromatic heterocycles. The van der Waals surface area contributed by atoms with E-state index in [1.165, 1.54) is 21.3 Å². The van der Waals surface area contributed by atoms with Crippen molar-refractivity contribution in [2.24, 2.45) is 0 Å². The van der Waals surface area contributed by atoms with Crippen LogP contribution in [0.5, 0.6) is 0 Å². The summed E-state index contributed by atoms with van der Waals surface area (Å²) in [6.45, 7) is 4.28. The molecule has 3 rings (SSSR count). The molecule has 1 aliphatic heterocycles. The SMILES string of the molecule is [Se]c1c(-c2ccccc2)cccc1N1CCNCC1. The van der Waals surface area contributed by atoms with Crippen LogP contribution in [0.15, 0.2) is 48.5 Å². The molecular weight excluding hydrogens is 299 g/mol. The Bertz CT molecular complexity index is 548. The van der Waals surface area contributed by atoms with Crippen LogP contribution in [-0.4, -0.2) is 42.2 Å². The van der Waals surface area contributed by atoms with Crippen molar-refractivity contribution in [2.75, 3.05) is 31.1 Å². The number of piperazine rings is 1. The zero-order chi connectivity index (χ0) is 13.1. The quantitative estimate of drug-likeness (QED) is 0.846. The average Bonchev–Trinajstić information content (AvgIpc) is 2.49. The molecular formula is C16H17N2Se. The Balaban J connectivity index is 1.99. The zero-order valence-electron chi connectivity index (χ0n) is 10.8. The van der Waals surface area contributed by atoms with E-state index in [0.29, 0.717) is 0 Å². The molecule has 0 atom stereocenters. The number of nitrogens with one attached hydrogen (secondary N) is 1. The normalized spacial score (nSPS) is 15.5. The molecule has 1 saturated heterocycles. The number of hydrogen-bond acceptors (Lipinski definition) is 2. The molecule has 1 N–H and O–H groups in total. The van der Waals surface area contributed by atoms with Gasteiger partial charge in [-0.05, 0) is 0 Å². The summed E-state index contributed by atoms with van der Waals surface area (Å²) in [4.78, 5) is 2.45. The fourth-order valence-corrected chi connectivity index (χ4v) is 3.33. The van der Waals surface area contributed by atoms with Crippen LogP contribution < -0.4 is 14.7 Å². The van der Waals surface area contributed by atoms with Crippen LogP contribution >= 0.6 is 0 Å². The van der Waals surface area contributed by atoms with Crippen LogP contribution in [0.2, 0.25) is 0 Å². The van der Waals surface area contributed by atoms with Gasteiger partial charge in [-0.2, -0.15) is 0 Å². The third-order valence-corrected chi connectivity index (χ3v) is 4.44. The van der Waals surface area contributed by atoms with Gasteiger partial charge in [-0.15, -0.1) is 0 Å². The standard InChI is InChI=1S/C16H17N2Se/c19-16-14(13-5-2-1-3-6-13)7-4-8-15(16)18-11-9-17-10-12-18/h1-8,17H,9-12H2. The molecule has 1 fully saturated rings. The van der Waals surface area contributed by atoms with E-state index in [4.69, 9.17) is 0 Å². The van der Waals surface area contributed by atoms with Crippen LogP contribution in [0.25, 0.3) is 11.1 Å². The summed E-state index contributed by atoms with van der Waals surface area (Å²) in [5.41, 5.74) is 3.88. The van der Waals surface area contributed by atoms with Crippen molar-refractivity contribution >= 4 is 26.2 Å². The predicted octanol–water partition coefficient (Wildman–Crippen LogP) is 1.56. The van der Waals surface area contributed by atoms with Crippen LogP contribution in [0.3, 0.4) is 0 Å². The number of anilines is 1. The molecule has 0 unspecified atom stereocenters. The van der Waals surface area contributed by atoms with Gasteiger partial charge in [-0.1, -0.05) is 0 Å². The molecule has 0 amide bonds. The number of nitrogens with zero attached hydrogens (tertiary/aromatic N) is 1. The molecule has 19 heavy (non-hydrogen) atoms. The molecule has 0 aliphatic carbocycles. The van der Waals surface area contributed by atoms with Crippen molar-refractivity contribution in [3.05, 3.63) is 48.5 Å². The fraction of sp³-hybridized carbons (Fsp3) is 0.250. The van der Waals surface area contributed by atoms with Gasteiger partial charge in [0.25, 0.3) is 0 Å². The minimum absolute atomic E-state index is 1.06. The van der Waals surface area contributed by atoms with Crippen molar-refractivity contribution in [3.8, 4) is 11.1 Å². The second-order valence-electron chi connectivity index (χ2n) is 4.76. The van der Waals surface area contributed by atoms with Gasteiger partial charge in [0, 0.05) is 0 Å². The average molecular weight is 316 g/mol. The van der Waals surface area contributed by atoms with Gasteiger partial charge in [0.05, 0.1) is 0 Å². The number of rotatable bonds is 2. The van der Waals surface area contributed by atoms with Crippen LogP contribution in [0, 0.1) is 0 Å². The van der Waals surface area contributed by atoms with Gasteiger partial charge in [-0.3, -0.25) is 0 Å². The Hall–Kier alpha value is -1.28. The summed E-state index contributed by atoms with van der Waals surface area (Å²) in [7, 11) is 0. The molecule has 1 aliphatic rings. The topological polar surface area (TPSA) is 15.3 Å². The van der Waals surface area contributed by atoms with E-state index in [-0.39, 0.29) is 0 Å². The number of hydrogen-bond donors (Lipinski definition) is 1. The van der Waals surface area contributed by atoms with E-state index in [1.807, 2.05) is 0 Å². The summed E-state index contributed by atoms with van der Waals surface area (Å²) in [6.07, 6.45) is 0. The molecule has 97 valence electrons. The Morgan fingerprint density at radius 2 is 1.63 bits per heavy atom. The molecule has 3 heteroatoms. The second-order valence-corrected chi connectivity index (χ2v) is 5.61. The van der Waals surface area contributed by atoms with Gasteiger partial charge < -0.3 is 0 Å².